The van der Waals surface area contributed by atoms with Crippen LogP contribution in [0.2, 0.25) is 0 Å². The van der Waals surface area contributed by atoms with Crippen LogP contribution in [-0.2, 0) is 16.0 Å². The van der Waals surface area contributed by atoms with Gasteiger partial charge in [0.05, 0.1) is 0 Å². The van der Waals surface area contributed by atoms with Crippen molar-refractivity contribution in [3.8, 4) is 5.75 Å². The van der Waals surface area contributed by atoms with E-state index in [1.807, 2.05) is 0 Å². The van der Waals surface area contributed by atoms with Gasteiger partial charge in [0.2, 0.25) is 0 Å². The maximum absolute atomic E-state index is 12.8. The van der Waals surface area contributed by atoms with E-state index < -0.39 is 11.6 Å². The Morgan fingerprint density at radius 2 is 1.92 bits per heavy atom. The van der Waals surface area contributed by atoms with Gasteiger partial charge in [0.15, 0.2) is 11.6 Å². The Balaban J connectivity index is 0.000000772. The average Bonchev–Trinajstić information content (AvgIpc) is 3.05. The summed E-state index contributed by atoms with van der Waals surface area (Å²) in [5, 5.41) is 25.6. The van der Waals surface area contributed by atoms with Crippen molar-refractivity contribution in [3.05, 3.63) is 47.8 Å². The van der Waals surface area contributed by atoms with E-state index in [0.717, 1.165) is 18.0 Å². The van der Waals surface area contributed by atoms with E-state index in [1.165, 1.54) is 6.07 Å². The highest BCUT2D eigenvalue weighted by Crippen LogP contribution is 2.16. The van der Waals surface area contributed by atoms with E-state index in [4.69, 9.17) is 24.9 Å². The Morgan fingerprint density at radius 1 is 1.29 bits per heavy atom. The van der Waals surface area contributed by atoms with Gasteiger partial charge in [-0.15, -0.1) is 0 Å². The number of carboxylic acid groups (broad SMARTS) is 2. The number of amides is 1. The van der Waals surface area contributed by atoms with Crippen LogP contribution in [0.3, 0.4) is 0 Å². The molecule has 0 aliphatic heterocycles. The van der Waals surface area contributed by atoms with Gasteiger partial charge in [0.1, 0.15) is 5.82 Å². The summed E-state index contributed by atoms with van der Waals surface area (Å²) in [4.78, 5) is 35.3. The molecule has 24 heavy (non-hydrogen) atoms. The van der Waals surface area contributed by atoms with Gasteiger partial charge in [-0.1, -0.05) is 0 Å². The number of phenols is 1. The van der Waals surface area contributed by atoms with Crippen molar-refractivity contribution in [3.63, 3.8) is 0 Å². The summed E-state index contributed by atoms with van der Waals surface area (Å²) in [6.45, 7) is -0.0928. The first-order valence-corrected chi connectivity index (χ1v) is 6.40. The number of nitrogens with one attached hydrogen (secondary N) is 2. The minimum Gasteiger partial charge on any atom is -0.505 e. The second-order valence-corrected chi connectivity index (χ2v) is 3.92. The number of carbonyl (C=O) groups excluding carboxylic acids is 1. The molecule has 1 heterocycles. The first-order valence-electron chi connectivity index (χ1n) is 6.40. The Labute approximate surface area is 135 Å². The number of hydrogen-bond donors (Lipinski definition) is 5. The molecule has 1 aromatic heterocycles. The molecule has 2 aromatic rings. The maximum atomic E-state index is 12.8. The minimum atomic E-state index is -0.748. The summed E-state index contributed by atoms with van der Waals surface area (Å²) in [6, 6.07) is 3.46. The van der Waals surface area contributed by atoms with Crippen LogP contribution in [0.15, 0.2) is 30.6 Å². The summed E-state index contributed by atoms with van der Waals surface area (Å²) < 4.78 is 12.8. The molecule has 0 radical (unpaired) electrons. The fraction of sp³-hybridized carbons (Fsp3) is 0.143. The van der Waals surface area contributed by atoms with E-state index in [-0.39, 0.29) is 24.4 Å². The quantitative estimate of drug-likeness (QED) is 0.511. The van der Waals surface area contributed by atoms with Gasteiger partial charge in [-0.05, 0) is 18.2 Å². The second kappa shape index (κ2) is 12.1. The highest BCUT2D eigenvalue weighted by molar-refractivity contribution is 5.94. The zero-order valence-corrected chi connectivity index (χ0v) is 12.3. The molecule has 1 amide bonds. The van der Waals surface area contributed by atoms with Crippen molar-refractivity contribution in [2.24, 2.45) is 0 Å². The fourth-order valence-corrected chi connectivity index (χ4v) is 1.49. The number of halogens is 1. The van der Waals surface area contributed by atoms with Gasteiger partial charge in [-0.2, -0.15) is 0 Å². The highest BCUT2D eigenvalue weighted by atomic mass is 19.1. The molecule has 5 N–H and O–H groups in total. The molecule has 0 spiro atoms. The number of imidazole rings is 1. The summed E-state index contributed by atoms with van der Waals surface area (Å²) in [5.74, 6) is -0.870. The molecule has 0 atom stereocenters. The third kappa shape index (κ3) is 8.12. The number of aromatic hydroxyl groups is 1. The van der Waals surface area contributed by atoms with Crippen molar-refractivity contribution >= 4 is 18.9 Å². The van der Waals surface area contributed by atoms with E-state index in [1.54, 1.807) is 12.4 Å². The molecule has 0 bridgehead atoms. The lowest BCUT2D eigenvalue weighted by Crippen LogP contribution is -2.25. The molecule has 9 nitrogen and oxygen atoms in total. The molecule has 0 aliphatic rings. The summed E-state index contributed by atoms with van der Waals surface area (Å²) >= 11 is 0. The fourth-order valence-electron chi connectivity index (χ4n) is 1.49. The zero-order chi connectivity index (χ0) is 18.4. The molecular formula is C14H16FN3O6. The number of aromatic nitrogens is 2. The molecule has 0 aliphatic carbocycles. The monoisotopic (exact) mass is 341 g/mol. The molecule has 130 valence electrons. The number of aromatic amines is 1. The van der Waals surface area contributed by atoms with Gasteiger partial charge in [-0.25, -0.2) is 9.37 Å². The number of H-pyrrole nitrogens is 1. The molecular weight excluding hydrogens is 325 g/mol. The Morgan fingerprint density at radius 3 is 2.42 bits per heavy atom. The van der Waals surface area contributed by atoms with Gasteiger partial charge in [0.25, 0.3) is 18.9 Å². The summed E-state index contributed by atoms with van der Waals surface area (Å²) in [7, 11) is 0. The van der Waals surface area contributed by atoms with E-state index in [9.17, 15) is 9.18 Å². The van der Waals surface area contributed by atoms with Crippen molar-refractivity contribution in [2.75, 3.05) is 6.54 Å². The van der Waals surface area contributed by atoms with Crippen molar-refractivity contribution in [1.82, 2.24) is 15.3 Å². The van der Waals surface area contributed by atoms with Crippen LogP contribution in [-0.4, -0.2) is 50.7 Å². The first kappa shape index (κ1) is 20.6. The van der Waals surface area contributed by atoms with Gasteiger partial charge in [-0.3, -0.25) is 14.4 Å². The van der Waals surface area contributed by atoms with Crippen LogP contribution >= 0.6 is 0 Å². The SMILES string of the molecule is O=C(NCCc1ncc[nH]1)c1ccc(F)c(O)c1.O=CO.O=CO. The number of benzene rings is 1. The molecule has 10 heteroatoms. The van der Waals surface area contributed by atoms with E-state index >= 15 is 0 Å². The van der Waals surface area contributed by atoms with Gasteiger partial charge < -0.3 is 25.6 Å². The van der Waals surface area contributed by atoms with E-state index in [0.29, 0.717) is 13.0 Å². The van der Waals surface area contributed by atoms with Crippen molar-refractivity contribution in [2.45, 2.75) is 6.42 Å². The molecule has 0 unspecified atom stereocenters. The molecule has 1 aromatic carbocycles. The lowest BCUT2D eigenvalue weighted by atomic mass is 10.2. The molecule has 0 saturated heterocycles. The Bertz CT molecular complexity index is 627. The molecule has 0 saturated carbocycles. The third-order valence-electron chi connectivity index (χ3n) is 2.41. The number of hydrogen-bond acceptors (Lipinski definition) is 5. The number of carbonyl (C=O) groups is 3. The number of nitrogens with zero attached hydrogens (tertiary/aromatic N) is 1. The predicted octanol–water partition coefficient (Wildman–Crippen LogP) is 0.628. The van der Waals surface area contributed by atoms with Crippen LogP contribution in [0.5, 0.6) is 5.75 Å². The largest absolute Gasteiger partial charge is 0.505 e. The van der Waals surface area contributed by atoms with Crippen LogP contribution < -0.4 is 5.32 Å². The predicted molar refractivity (Wildman–Crippen MR) is 80.1 cm³/mol. The first-order chi connectivity index (χ1) is 11.5. The van der Waals surface area contributed by atoms with Crippen molar-refractivity contribution in [1.29, 1.82) is 0 Å². The van der Waals surface area contributed by atoms with Gasteiger partial charge >= 0.3 is 0 Å². The number of rotatable bonds is 4. The third-order valence-corrected chi connectivity index (χ3v) is 2.41. The molecule has 2 rings (SSSR count). The average molecular weight is 341 g/mol. The molecule has 0 fully saturated rings. The normalized spacial score (nSPS) is 8.71. The number of phenolic OH excluding ortho intramolecular Hbond substituents is 1. The topological polar surface area (TPSA) is 153 Å². The smallest absolute Gasteiger partial charge is 0.290 e. The van der Waals surface area contributed by atoms with E-state index in [2.05, 4.69) is 15.3 Å². The lowest BCUT2D eigenvalue weighted by molar-refractivity contribution is -0.123. The van der Waals surface area contributed by atoms with Crippen LogP contribution in [0.25, 0.3) is 0 Å². The highest BCUT2D eigenvalue weighted by Gasteiger charge is 2.08. The van der Waals surface area contributed by atoms with Gasteiger partial charge in [0, 0.05) is 30.9 Å². The van der Waals surface area contributed by atoms with Crippen LogP contribution in [0.1, 0.15) is 16.2 Å². The minimum absolute atomic E-state index is 0.216. The lowest BCUT2D eigenvalue weighted by Gasteiger charge is -2.04. The Hall–Kier alpha value is -3.43. The summed E-state index contributed by atoms with van der Waals surface area (Å²) in [5.41, 5.74) is 0.216. The maximum Gasteiger partial charge on any atom is 0.290 e. The zero-order valence-electron chi connectivity index (χ0n) is 12.3. The standard InChI is InChI=1S/C12H12FN3O2.2CH2O2/c13-9-2-1-8(7-10(9)17)12(18)16-4-3-11-14-5-6-15-11;2*2-1-3/h1-2,5-7,17H,3-4H2,(H,14,15)(H,16,18);2*1H,(H,2,3). The van der Waals surface area contributed by atoms with Crippen LogP contribution in [0, 0.1) is 5.82 Å². The summed E-state index contributed by atoms with van der Waals surface area (Å²) in [6.07, 6.45) is 3.91. The van der Waals surface area contributed by atoms with Crippen molar-refractivity contribution < 1.29 is 34.1 Å². The Kier molecular flexibility index (Phi) is 10.4. The second-order valence-electron chi connectivity index (χ2n) is 3.92. The van der Waals surface area contributed by atoms with Crippen LogP contribution in [0.4, 0.5) is 4.39 Å².